The van der Waals surface area contributed by atoms with E-state index in [4.69, 9.17) is 11.6 Å². The third-order valence-electron chi connectivity index (χ3n) is 6.99. The number of hydrogen-bond donors (Lipinski definition) is 3. The minimum atomic E-state index is -4.09. The number of aliphatic hydroxyl groups is 1. The summed E-state index contributed by atoms with van der Waals surface area (Å²) in [6, 6.07) is 4.64. The molecular formula is C23H21ClF3NO6S. The fraction of sp³-hybridized carbons (Fsp3) is 0.391. The Balaban J connectivity index is 1.59. The van der Waals surface area contributed by atoms with Crippen molar-refractivity contribution in [3.63, 3.8) is 0 Å². The summed E-state index contributed by atoms with van der Waals surface area (Å²) in [6.07, 6.45) is 0.631. The Morgan fingerprint density at radius 1 is 1.06 bits per heavy atom. The van der Waals surface area contributed by atoms with Gasteiger partial charge in [0.05, 0.1) is 27.2 Å². The maximum absolute atomic E-state index is 13.5. The molecule has 2 aromatic rings. The zero-order chi connectivity index (χ0) is 25.7. The van der Waals surface area contributed by atoms with Crippen molar-refractivity contribution >= 4 is 39.0 Å². The van der Waals surface area contributed by atoms with E-state index in [1.54, 1.807) is 0 Å². The largest absolute Gasteiger partial charge is 0.481 e. The van der Waals surface area contributed by atoms with Crippen molar-refractivity contribution in [2.45, 2.75) is 47.9 Å². The van der Waals surface area contributed by atoms with E-state index in [9.17, 15) is 41.4 Å². The maximum Gasteiger partial charge on any atom is 0.306 e. The molecule has 0 aliphatic heterocycles. The Morgan fingerprint density at radius 2 is 1.63 bits per heavy atom. The third kappa shape index (κ3) is 4.64. The lowest BCUT2D eigenvalue weighted by Crippen LogP contribution is -2.49. The predicted octanol–water partition coefficient (Wildman–Crippen LogP) is 4.18. The molecule has 2 aromatic carbocycles. The number of carbonyl (C=O) groups is 2. The Bertz CT molecular complexity index is 1280. The molecule has 35 heavy (non-hydrogen) atoms. The molecule has 4 rings (SSSR count). The number of hydrogen-bond acceptors (Lipinski definition) is 5. The first-order valence-corrected chi connectivity index (χ1v) is 12.7. The fourth-order valence-electron chi connectivity index (χ4n) is 5.27. The number of rotatable bonds is 6. The zero-order valence-electron chi connectivity index (χ0n) is 18.1. The van der Waals surface area contributed by atoms with Gasteiger partial charge in [-0.05, 0) is 55.7 Å². The van der Waals surface area contributed by atoms with E-state index in [1.807, 2.05) is 0 Å². The van der Waals surface area contributed by atoms with Crippen molar-refractivity contribution in [3.8, 4) is 0 Å². The van der Waals surface area contributed by atoms with Crippen LogP contribution < -0.4 is 5.32 Å². The number of nitrogens with one attached hydrogen (secondary N) is 1. The van der Waals surface area contributed by atoms with Gasteiger partial charge in [-0.3, -0.25) is 9.59 Å². The monoisotopic (exact) mass is 531 g/mol. The molecule has 0 unspecified atom stereocenters. The van der Waals surface area contributed by atoms with Gasteiger partial charge in [0.15, 0.2) is 27.3 Å². The highest BCUT2D eigenvalue weighted by atomic mass is 35.5. The van der Waals surface area contributed by atoms with Crippen LogP contribution >= 0.6 is 11.6 Å². The fourth-order valence-corrected chi connectivity index (χ4v) is 7.67. The number of carbonyl (C=O) groups excluding carboxylic acids is 1. The number of carboxylic acid groups (broad SMARTS) is 1. The summed E-state index contributed by atoms with van der Waals surface area (Å²) in [7, 11) is -4.09. The molecule has 3 N–H and O–H groups in total. The molecule has 0 saturated heterocycles. The van der Waals surface area contributed by atoms with Crippen LogP contribution in [0.4, 0.5) is 18.9 Å². The highest BCUT2D eigenvalue weighted by molar-refractivity contribution is 7.92. The molecule has 0 heterocycles. The highest BCUT2D eigenvalue weighted by Gasteiger charge is 2.56. The number of aliphatic carboxylic acids is 1. The average Bonchev–Trinajstić information content (AvgIpc) is 2.93. The third-order valence-corrected chi connectivity index (χ3v) is 9.64. The molecule has 2 saturated carbocycles. The second kappa shape index (κ2) is 9.11. The van der Waals surface area contributed by atoms with E-state index in [0.717, 1.165) is 6.07 Å². The number of carboxylic acids is 1. The van der Waals surface area contributed by atoms with Crippen LogP contribution in [0.25, 0.3) is 0 Å². The predicted molar refractivity (Wildman–Crippen MR) is 119 cm³/mol. The summed E-state index contributed by atoms with van der Waals surface area (Å²) in [5.74, 6) is -7.78. The van der Waals surface area contributed by atoms with Gasteiger partial charge in [-0.1, -0.05) is 11.6 Å². The quantitative estimate of drug-likeness (QED) is 0.481. The van der Waals surface area contributed by atoms with Gasteiger partial charge in [-0.2, -0.15) is 0 Å². The van der Waals surface area contributed by atoms with E-state index < -0.39 is 68.3 Å². The second-order valence-corrected chi connectivity index (χ2v) is 11.6. The van der Waals surface area contributed by atoms with Gasteiger partial charge in [0.2, 0.25) is 0 Å². The zero-order valence-corrected chi connectivity index (χ0v) is 19.7. The van der Waals surface area contributed by atoms with Crippen molar-refractivity contribution < 1.29 is 41.4 Å². The van der Waals surface area contributed by atoms with Crippen LogP contribution in [-0.2, 0) is 14.6 Å². The number of benzene rings is 2. The van der Waals surface area contributed by atoms with Crippen molar-refractivity contribution in [3.05, 3.63) is 58.4 Å². The Hall–Kier alpha value is -2.63. The van der Waals surface area contributed by atoms with Gasteiger partial charge < -0.3 is 15.5 Å². The number of sulfone groups is 1. The molecule has 2 bridgehead atoms. The normalized spacial score (nSPS) is 25.9. The molecule has 2 aliphatic carbocycles. The summed E-state index contributed by atoms with van der Waals surface area (Å²) in [6.45, 7) is 0. The van der Waals surface area contributed by atoms with Crippen LogP contribution in [0.3, 0.4) is 0 Å². The Morgan fingerprint density at radius 3 is 2.17 bits per heavy atom. The molecule has 1 amide bonds. The van der Waals surface area contributed by atoms with E-state index in [2.05, 4.69) is 5.32 Å². The maximum atomic E-state index is 13.5. The van der Waals surface area contributed by atoms with E-state index in [-0.39, 0.29) is 34.0 Å². The minimum absolute atomic E-state index is 0.0451. The lowest BCUT2D eigenvalue weighted by Gasteiger charge is -2.41. The van der Waals surface area contributed by atoms with Gasteiger partial charge in [0, 0.05) is 23.4 Å². The van der Waals surface area contributed by atoms with Crippen molar-refractivity contribution in [2.24, 2.45) is 11.8 Å². The Kier molecular flexibility index (Phi) is 6.62. The van der Waals surface area contributed by atoms with E-state index >= 15 is 0 Å². The van der Waals surface area contributed by atoms with Crippen LogP contribution in [0.15, 0.2) is 35.2 Å². The number of amides is 1. The average molecular weight is 532 g/mol. The van der Waals surface area contributed by atoms with Gasteiger partial charge in [0.25, 0.3) is 5.91 Å². The summed E-state index contributed by atoms with van der Waals surface area (Å²) >= 11 is 6.16. The Labute approximate surface area is 203 Å². The van der Waals surface area contributed by atoms with Gasteiger partial charge >= 0.3 is 5.97 Å². The lowest BCUT2D eigenvalue weighted by atomic mass is 9.72. The summed E-state index contributed by atoms with van der Waals surface area (Å²) in [5.41, 5.74) is -2.00. The molecule has 12 heteroatoms. The second-order valence-electron chi connectivity index (χ2n) is 9.02. The molecule has 0 spiro atoms. The van der Waals surface area contributed by atoms with E-state index in [0.29, 0.717) is 25.0 Å². The van der Waals surface area contributed by atoms with Crippen molar-refractivity contribution in [1.29, 1.82) is 0 Å². The van der Waals surface area contributed by atoms with Crippen LogP contribution in [0, 0.1) is 29.3 Å². The number of fused-ring (bicyclic) bond motifs is 2. The van der Waals surface area contributed by atoms with E-state index in [1.165, 1.54) is 12.1 Å². The van der Waals surface area contributed by atoms with Crippen LogP contribution in [0.2, 0.25) is 5.02 Å². The van der Waals surface area contributed by atoms with Gasteiger partial charge in [0.1, 0.15) is 0 Å². The number of anilines is 1. The molecule has 188 valence electrons. The standard InChI is InChI=1S/C23H21ClF3NO6S/c24-16-4-1-11(22(31)28-14-8-17(25)21(27)18(26)9-14)5-19(16)35(33,34)15-6-12-2-3-13(7-15)23(12,32)10-20(29)30/h1,4-5,8-9,12-13,15,32H,2-3,6-7,10H2,(H,28,31)(H,29,30)/t12-,13+,15-,23-. The molecule has 4 atom stereocenters. The lowest BCUT2D eigenvalue weighted by molar-refractivity contribution is -0.148. The van der Waals surface area contributed by atoms with Crippen LogP contribution in [0.5, 0.6) is 0 Å². The number of halogens is 4. The first kappa shape index (κ1) is 25.5. The van der Waals surface area contributed by atoms with Crippen molar-refractivity contribution in [2.75, 3.05) is 5.32 Å². The van der Waals surface area contributed by atoms with Crippen LogP contribution in [0.1, 0.15) is 42.5 Å². The smallest absolute Gasteiger partial charge is 0.306 e. The van der Waals surface area contributed by atoms with Gasteiger partial charge in [-0.15, -0.1) is 0 Å². The SMILES string of the molecule is O=C(O)C[C@@]1(O)[C@@H]2CC[C@H]1C[C@H](S(=O)(=O)c1cc(C(=O)Nc3cc(F)c(F)c(F)c3)ccc1Cl)C2. The first-order valence-electron chi connectivity index (χ1n) is 10.8. The molecular weight excluding hydrogens is 511 g/mol. The molecule has 0 aromatic heterocycles. The summed E-state index contributed by atoms with van der Waals surface area (Å²) in [5, 5.41) is 21.2. The molecule has 2 aliphatic rings. The topological polar surface area (TPSA) is 121 Å². The summed E-state index contributed by atoms with van der Waals surface area (Å²) < 4.78 is 67.0. The molecule has 2 fully saturated rings. The van der Waals surface area contributed by atoms with Crippen molar-refractivity contribution in [1.82, 2.24) is 0 Å². The summed E-state index contributed by atoms with van der Waals surface area (Å²) in [4.78, 5) is 23.5. The molecule has 7 nitrogen and oxygen atoms in total. The molecule has 0 radical (unpaired) electrons. The highest BCUT2D eigenvalue weighted by Crippen LogP contribution is 2.53. The first-order chi connectivity index (χ1) is 16.3. The van der Waals surface area contributed by atoms with Crippen LogP contribution in [-0.4, -0.2) is 41.4 Å². The minimum Gasteiger partial charge on any atom is -0.481 e. The van der Waals surface area contributed by atoms with Gasteiger partial charge in [-0.25, -0.2) is 21.6 Å².